The molecule has 9 N–H and O–H groups in total. The maximum Gasteiger partial charge on any atom is 0.331 e. The summed E-state index contributed by atoms with van der Waals surface area (Å²) in [6.45, 7) is 0.901. The number of phenolic OH excluding ortho intramolecular Hbond substituents is 4. The Hall–Kier alpha value is -3.47. The highest BCUT2D eigenvalue weighted by Gasteiger charge is 2.51. The topological polar surface area (TPSA) is 236 Å². The lowest BCUT2D eigenvalue weighted by Gasteiger charge is -2.46. The summed E-state index contributed by atoms with van der Waals surface area (Å²) in [6, 6.07) is 8.08. The molecule has 0 amide bonds. The Morgan fingerprint density at radius 3 is 2.23 bits per heavy atom. The van der Waals surface area contributed by atoms with Crippen LogP contribution in [0.2, 0.25) is 0 Å². The number of benzene rings is 2. The van der Waals surface area contributed by atoms with Crippen molar-refractivity contribution in [1.82, 2.24) is 0 Å². The number of aromatic hydroxyl groups is 4. The summed E-state index contributed by atoms with van der Waals surface area (Å²) in [6.07, 6.45) is -9.99. The van der Waals surface area contributed by atoms with Crippen LogP contribution in [0.15, 0.2) is 42.5 Å². The van der Waals surface area contributed by atoms with Crippen LogP contribution < -0.4 is 0 Å². The molecule has 1 heterocycles. The van der Waals surface area contributed by atoms with Crippen LogP contribution >= 0.6 is 0 Å². The Morgan fingerprint density at radius 1 is 0.886 bits per heavy atom. The van der Waals surface area contributed by atoms with E-state index in [1.54, 1.807) is 13.0 Å². The number of hydrogen-bond acceptors (Lipinski definition) is 14. The second kappa shape index (κ2) is 14.5. The van der Waals surface area contributed by atoms with Gasteiger partial charge < -0.3 is 64.9 Å². The van der Waals surface area contributed by atoms with Crippen molar-refractivity contribution in [2.75, 3.05) is 13.2 Å². The van der Waals surface area contributed by atoms with E-state index in [1.165, 1.54) is 36.4 Å². The smallest absolute Gasteiger partial charge is 0.331 e. The van der Waals surface area contributed by atoms with E-state index in [9.17, 15) is 50.8 Å². The van der Waals surface area contributed by atoms with Crippen LogP contribution in [0.25, 0.3) is 6.08 Å². The molecule has 10 atom stereocenters. The van der Waals surface area contributed by atoms with Crippen molar-refractivity contribution < 1.29 is 69.7 Å². The number of aliphatic hydroxyl groups is 5. The van der Waals surface area contributed by atoms with Crippen molar-refractivity contribution in [3.05, 3.63) is 53.6 Å². The molecule has 14 nitrogen and oxygen atoms in total. The van der Waals surface area contributed by atoms with Gasteiger partial charge in [-0.2, -0.15) is 0 Å². The predicted molar refractivity (Wildman–Crippen MR) is 150 cm³/mol. The van der Waals surface area contributed by atoms with E-state index < -0.39 is 79.4 Å². The van der Waals surface area contributed by atoms with E-state index >= 15 is 0 Å². The highest BCUT2D eigenvalue weighted by Crippen LogP contribution is 2.34. The highest BCUT2D eigenvalue weighted by atomic mass is 16.7. The average Bonchev–Trinajstić information content (AvgIpc) is 2.99. The summed E-state index contributed by atoms with van der Waals surface area (Å²) in [7, 11) is 0. The predicted octanol–water partition coefficient (Wildman–Crippen LogP) is -0.352. The number of carbonyl (C=O) groups excluding carboxylic acids is 1. The minimum atomic E-state index is -1.63. The van der Waals surface area contributed by atoms with Gasteiger partial charge in [0.1, 0.15) is 30.5 Å². The van der Waals surface area contributed by atoms with Crippen LogP contribution in [0.1, 0.15) is 24.5 Å². The SMILES string of the molecule is C[C@@H]1CC(O[C@@H]2[C@@H](O)[C@H](OCCc3ccc(O)c(O)c3)O[C@H](CO)[C@H]2OC(=O)/C=C/c2ccc(O)c(O)c2)[C@H](O)[C@H](O)[C@H]1O. The Bertz CT molecular complexity index is 1300. The monoisotopic (exact) mass is 622 g/mol. The molecule has 4 rings (SSSR count). The number of rotatable bonds is 10. The minimum Gasteiger partial charge on any atom is -0.504 e. The first-order chi connectivity index (χ1) is 20.9. The van der Waals surface area contributed by atoms with Gasteiger partial charge in [0.05, 0.1) is 25.4 Å². The number of hydrogen-bond donors (Lipinski definition) is 9. The molecular formula is C30H38O14. The van der Waals surface area contributed by atoms with Gasteiger partial charge in [0.15, 0.2) is 35.4 Å². The van der Waals surface area contributed by atoms with Gasteiger partial charge in [-0.05, 0) is 60.2 Å². The van der Waals surface area contributed by atoms with Gasteiger partial charge in [0.25, 0.3) is 0 Å². The van der Waals surface area contributed by atoms with Gasteiger partial charge in [-0.25, -0.2) is 4.79 Å². The molecule has 2 aromatic rings. The van der Waals surface area contributed by atoms with Crippen molar-refractivity contribution in [1.29, 1.82) is 0 Å². The van der Waals surface area contributed by atoms with E-state index in [4.69, 9.17) is 18.9 Å². The van der Waals surface area contributed by atoms with E-state index in [0.29, 0.717) is 11.1 Å². The van der Waals surface area contributed by atoms with Crippen molar-refractivity contribution in [3.63, 3.8) is 0 Å². The zero-order chi connectivity index (χ0) is 32.1. The van der Waals surface area contributed by atoms with Crippen molar-refractivity contribution >= 4 is 12.0 Å². The molecule has 0 bridgehead atoms. The lowest BCUT2D eigenvalue weighted by atomic mass is 9.81. The molecular weight excluding hydrogens is 584 g/mol. The van der Waals surface area contributed by atoms with Crippen molar-refractivity contribution in [3.8, 4) is 23.0 Å². The molecule has 14 heteroatoms. The molecule has 1 aliphatic heterocycles. The normalized spacial score (nSPS) is 32.5. The molecule has 0 radical (unpaired) electrons. The number of carbonyl (C=O) groups is 1. The first-order valence-electron chi connectivity index (χ1n) is 14.1. The molecule has 1 saturated heterocycles. The number of esters is 1. The molecule has 44 heavy (non-hydrogen) atoms. The van der Waals surface area contributed by atoms with Gasteiger partial charge in [0.2, 0.25) is 0 Å². The maximum absolute atomic E-state index is 12.8. The quantitative estimate of drug-likeness (QED) is 0.0936. The Labute approximate surface area is 252 Å². The highest BCUT2D eigenvalue weighted by molar-refractivity contribution is 5.87. The fraction of sp³-hybridized carbons (Fsp3) is 0.500. The van der Waals surface area contributed by atoms with Crippen LogP contribution in [0.4, 0.5) is 0 Å². The van der Waals surface area contributed by atoms with E-state index in [2.05, 4.69) is 0 Å². The standard InChI is InChI=1S/C30H38O14/c1-14-10-21(25(38)26(39)24(14)37)42-29-27(40)30(41-9-8-16-3-6-18(33)20(35)12-16)43-22(13-31)28(29)44-23(36)7-4-15-2-5-17(32)19(34)11-15/h2-7,11-12,14,21-22,24-35,37-40H,8-10,13H2,1H3/b7-4+/t14-,21?,22-,24+,25+,26-,27-,28-,29-,30-/m1/s1. The molecule has 0 aromatic heterocycles. The third-order valence-electron chi connectivity index (χ3n) is 7.77. The summed E-state index contributed by atoms with van der Waals surface area (Å²) in [5.41, 5.74) is 0.954. The molecule has 0 spiro atoms. The largest absolute Gasteiger partial charge is 0.504 e. The first-order valence-corrected chi connectivity index (χ1v) is 14.1. The van der Waals surface area contributed by atoms with Crippen LogP contribution in [0.5, 0.6) is 23.0 Å². The molecule has 1 aliphatic carbocycles. The van der Waals surface area contributed by atoms with Crippen LogP contribution in [-0.2, 0) is 30.2 Å². The van der Waals surface area contributed by atoms with E-state index in [0.717, 1.165) is 6.08 Å². The number of ether oxygens (including phenoxy) is 4. The average molecular weight is 623 g/mol. The lowest BCUT2D eigenvalue weighted by molar-refractivity contribution is -0.321. The van der Waals surface area contributed by atoms with Crippen LogP contribution in [0.3, 0.4) is 0 Å². The van der Waals surface area contributed by atoms with Crippen molar-refractivity contribution in [2.45, 2.75) is 74.9 Å². The molecule has 1 unspecified atom stereocenters. The molecule has 2 aromatic carbocycles. The first kappa shape index (κ1) is 33.4. The fourth-order valence-corrected chi connectivity index (χ4v) is 5.22. The summed E-state index contributed by atoms with van der Waals surface area (Å²) in [5.74, 6) is -2.80. The van der Waals surface area contributed by atoms with Crippen LogP contribution in [0, 0.1) is 5.92 Å². The van der Waals surface area contributed by atoms with Gasteiger partial charge >= 0.3 is 5.97 Å². The zero-order valence-corrected chi connectivity index (χ0v) is 23.8. The van der Waals surface area contributed by atoms with Gasteiger partial charge in [-0.15, -0.1) is 0 Å². The molecule has 1 saturated carbocycles. The summed E-state index contributed by atoms with van der Waals surface area (Å²) >= 11 is 0. The summed E-state index contributed by atoms with van der Waals surface area (Å²) in [4.78, 5) is 12.8. The summed E-state index contributed by atoms with van der Waals surface area (Å²) < 4.78 is 23.0. The third kappa shape index (κ3) is 7.78. The molecule has 2 fully saturated rings. The number of aliphatic hydroxyl groups excluding tert-OH is 5. The second-order valence-corrected chi connectivity index (χ2v) is 11.0. The van der Waals surface area contributed by atoms with E-state index in [-0.39, 0.29) is 36.7 Å². The third-order valence-corrected chi connectivity index (χ3v) is 7.77. The molecule has 242 valence electrons. The number of phenols is 4. The van der Waals surface area contributed by atoms with Crippen molar-refractivity contribution in [2.24, 2.45) is 5.92 Å². The molecule has 2 aliphatic rings. The minimum absolute atomic E-state index is 0.0442. The lowest BCUT2D eigenvalue weighted by Crippen LogP contribution is -2.64. The van der Waals surface area contributed by atoms with E-state index in [1.807, 2.05) is 0 Å². The summed E-state index contributed by atoms with van der Waals surface area (Å²) in [5, 5.41) is 91.0. The Morgan fingerprint density at radius 2 is 1.57 bits per heavy atom. The maximum atomic E-state index is 12.8. The Balaban J connectivity index is 1.52. The fourth-order valence-electron chi connectivity index (χ4n) is 5.22. The zero-order valence-electron chi connectivity index (χ0n) is 23.8. The van der Waals surface area contributed by atoms with Gasteiger partial charge in [-0.3, -0.25) is 0 Å². The second-order valence-electron chi connectivity index (χ2n) is 11.0. The van der Waals surface area contributed by atoms with Gasteiger partial charge in [-0.1, -0.05) is 19.1 Å². The Kier molecular flexibility index (Phi) is 11.0. The van der Waals surface area contributed by atoms with Gasteiger partial charge in [0, 0.05) is 6.08 Å². The van der Waals surface area contributed by atoms with Crippen LogP contribution in [-0.4, -0.2) is 120 Å².